The molecule has 0 amide bonds. The third-order valence-electron chi connectivity index (χ3n) is 6.48. The normalized spacial score (nSPS) is 17.9. The number of hydrogen-bond acceptors (Lipinski definition) is 5. The predicted octanol–water partition coefficient (Wildman–Crippen LogP) is 5.56. The molecular weight excluding hydrogens is 433 g/mol. The first-order chi connectivity index (χ1) is 16.4. The molecule has 2 unspecified atom stereocenters. The average Bonchev–Trinajstić information content (AvgIpc) is 2.86. The summed E-state index contributed by atoms with van der Waals surface area (Å²) < 4.78 is 30.2. The van der Waals surface area contributed by atoms with Crippen molar-refractivity contribution in [1.82, 2.24) is 5.32 Å². The lowest BCUT2D eigenvalue weighted by Gasteiger charge is -2.33. The minimum Gasteiger partial charge on any atom is -0.494 e. The molecule has 3 aromatic carbocycles. The zero-order valence-electron chi connectivity index (χ0n) is 19.9. The Morgan fingerprint density at radius 1 is 1.15 bits per heavy atom. The topological polar surface area (TPSA) is 56.8 Å². The second-order valence-electron chi connectivity index (χ2n) is 8.66. The third-order valence-corrected chi connectivity index (χ3v) is 6.48. The van der Waals surface area contributed by atoms with Crippen LogP contribution in [0.5, 0.6) is 11.5 Å². The molecule has 6 heteroatoms. The Bertz CT molecular complexity index is 1180. The van der Waals surface area contributed by atoms with Gasteiger partial charge in [-0.15, -0.1) is 0 Å². The molecule has 1 heterocycles. The summed E-state index contributed by atoms with van der Waals surface area (Å²) >= 11 is 0. The van der Waals surface area contributed by atoms with Crippen molar-refractivity contribution in [3.05, 3.63) is 94.3 Å². The molecule has 0 radical (unpaired) electrons. The van der Waals surface area contributed by atoms with Gasteiger partial charge in [0.25, 0.3) is 0 Å². The summed E-state index contributed by atoms with van der Waals surface area (Å²) in [5.74, 6) is 0.457. The van der Waals surface area contributed by atoms with Crippen molar-refractivity contribution >= 4 is 5.97 Å². The lowest BCUT2D eigenvalue weighted by atomic mass is 9.83. The Labute approximate surface area is 199 Å². The summed E-state index contributed by atoms with van der Waals surface area (Å²) in [6, 6.07) is 18.9. The molecule has 3 aromatic rings. The molecule has 0 saturated heterocycles. The highest BCUT2D eigenvalue weighted by atomic mass is 19.1. The van der Waals surface area contributed by atoms with E-state index in [1.54, 1.807) is 12.1 Å². The van der Waals surface area contributed by atoms with Crippen molar-refractivity contribution < 1.29 is 23.4 Å². The van der Waals surface area contributed by atoms with Gasteiger partial charge in [0.15, 0.2) is 11.6 Å². The Morgan fingerprint density at radius 2 is 1.94 bits per heavy atom. The number of para-hydroxylation sites is 1. The minimum atomic E-state index is -0.377. The largest absolute Gasteiger partial charge is 0.494 e. The van der Waals surface area contributed by atoms with Gasteiger partial charge < -0.3 is 19.5 Å². The molecule has 4 rings (SSSR count). The number of rotatable bonds is 7. The van der Waals surface area contributed by atoms with Gasteiger partial charge in [0.2, 0.25) is 0 Å². The minimum absolute atomic E-state index is 0.0148. The maximum Gasteiger partial charge on any atom is 0.338 e. The van der Waals surface area contributed by atoms with Gasteiger partial charge in [-0.25, -0.2) is 9.18 Å². The van der Waals surface area contributed by atoms with Crippen LogP contribution in [0.4, 0.5) is 4.39 Å². The fraction of sp³-hybridized carbons (Fsp3) is 0.321. The van der Waals surface area contributed by atoms with E-state index >= 15 is 0 Å². The first-order valence-corrected chi connectivity index (χ1v) is 11.4. The average molecular weight is 464 g/mol. The van der Waals surface area contributed by atoms with Gasteiger partial charge in [0.05, 0.1) is 19.8 Å². The van der Waals surface area contributed by atoms with Crippen LogP contribution in [0.1, 0.15) is 57.9 Å². The summed E-state index contributed by atoms with van der Waals surface area (Å²) in [4.78, 5) is 12.3. The summed E-state index contributed by atoms with van der Waals surface area (Å²) in [5.41, 5.74) is 4.57. The highest BCUT2D eigenvalue weighted by Gasteiger charge is 2.30. The first-order valence-electron chi connectivity index (χ1n) is 11.4. The number of carbonyl (C=O) groups is 1. The molecule has 0 aliphatic carbocycles. The monoisotopic (exact) mass is 463 g/mol. The maximum atomic E-state index is 13.8. The number of aryl methyl sites for hydroxylation is 1. The lowest BCUT2D eigenvalue weighted by molar-refractivity contribution is 0.0599. The number of ether oxygens (including phenoxy) is 3. The third kappa shape index (κ3) is 4.92. The second kappa shape index (κ2) is 10.3. The molecule has 3 atom stereocenters. The van der Waals surface area contributed by atoms with Gasteiger partial charge in [0.1, 0.15) is 11.9 Å². The predicted molar refractivity (Wildman–Crippen MR) is 129 cm³/mol. The maximum absolute atomic E-state index is 13.8. The van der Waals surface area contributed by atoms with Gasteiger partial charge in [-0.2, -0.15) is 0 Å². The smallest absolute Gasteiger partial charge is 0.338 e. The first kappa shape index (κ1) is 23.8. The number of fused-ring (bicyclic) bond motifs is 1. The van der Waals surface area contributed by atoms with Crippen LogP contribution in [-0.2, 0) is 4.74 Å². The van der Waals surface area contributed by atoms with Crippen LogP contribution < -0.4 is 14.8 Å². The van der Waals surface area contributed by atoms with Gasteiger partial charge in [-0.3, -0.25) is 0 Å². The van der Waals surface area contributed by atoms with Gasteiger partial charge >= 0.3 is 5.97 Å². The van der Waals surface area contributed by atoms with E-state index in [1.165, 1.54) is 20.3 Å². The fourth-order valence-electron chi connectivity index (χ4n) is 4.49. The number of nitrogens with one attached hydrogen (secondary N) is 1. The molecule has 34 heavy (non-hydrogen) atoms. The zero-order chi connectivity index (χ0) is 24.2. The van der Waals surface area contributed by atoms with Crippen LogP contribution in [0.3, 0.4) is 0 Å². The number of carbonyl (C=O) groups excluding carboxylic acids is 1. The van der Waals surface area contributed by atoms with Crippen molar-refractivity contribution in [1.29, 1.82) is 0 Å². The van der Waals surface area contributed by atoms with Crippen molar-refractivity contribution in [3.63, 3.8) is 0 Å². The molecule has 5 nitrogen and oxygen atoms in total. The number of esters is 1. The Hall–Kier alpha value is -3.38. The molecule has 0 saturated carbocycles. The van der Waals surface area contributed by atoms with E-state index in [9.17, 15) is 9.18 Å². The van der Waals surface area contributed by atoms with E-state index in [0.717, 1.165) is 34.4 Å². The second-order valence-corrected chi connectivity index (χ2v) is 8.66. The van der Waals surface area contributed by atoms with E-state index in [-0.39, 0.29) is 35.6 Å². The Morgan fingerprint density at radius 3 is 2.71 bits per heavy atom. The van der Waals surface area contributed by atoms with Gasteiger partial charge in [-0.05, 0) is 61.2 Å². The molecule has 178 valence electrons. The highest BCUT2D eigenvalue weighted by molar-refractivity contribution is 5.91. The summed E-state index contributed by atoms with van der Waals surface area (Å²) in [6.07, 6.45) is 0.681. The summed E-state index contributed by atoms with van der Waals surface area (Å²) in [5, 5.41) is 3.51. The van der Waals surface area contributed by atoms with Crippen molar-refractivity contribution in [2.45, 2.75) is 38.3 Å². The number of halogens is 1. The number of benzene rings is 3. The molecular formula is C28H30FNO4. The van der Waals surface area contributed by atoms with E-state index < -0.39 is 0 Å². The number of hydrogen-bond donors (Lipinski definition) is 1. The summed E-state index contributed by atoms with van der Waals surface area (Å²) in [6.45, 7) is 4.55. The molecule has 1 aliphatic heterocycles. The van der Waals surface area contributed by atoms with Crippen molar-refractivity contribution in [2.24, 2.45) is 0 Å². The quantitative estimate of drug-likeness (QED) is 0.465. The Kier molecular flexibility index (Phi) is 7.17. The van der Waals surface area contributed by atoms with Crippen LogP contribution in [0.25, 0.3) is 0 Å². The van der Waals surface area contributed by atoms with Crippen LogP contribution in [0.2, 0.25) is 0 Å². The van der Waals surface area contributed by atoms with E-state index in [1.807, 2.05) is 44.2 Å². The lowest BCUT2D eigenvalue weighted by Crippen LogP contribution is -2.37. The van der Waals surface area contributed by atoms with Crippen LogP contribution in [-0.4, -0.2) is 32.8 Å². The number of methoxy groups -OCH3 is 2. The van der Waals surface area contributed by atoms with Crippen molar-refractivity contribution in [2.75, 3.05) is 20.8 Å². The van der Waals surface area contributed by atoms with Crippen LogP contribution in [0, 0.1) is 12.7 Å². The molecule has 0 aromatic heterocycles. The molecule has 0 spiro atoms. The molecule has 1 aliphatic rings. The van der Waals surface area contributed by atoms with Crippen LogP contribution in [0.15, 0.2) is 60.7 Å². The fourth-order valence-corrected chi connectivity index (χ4v) is 4.49. The summed E-state index contributed by atoms with van der Waals surface area (Å²) in [7, 11) is 2.86. The van der Waals surface area contributed by atoms with E-state index in [4.69, 9.17) is 14.2 Å². The Balaban J connectivity index is 1.55. The SMILES string of the molecule is COC(=O)c1cc(C2C[C@H](CNC(C)c3ccc(F)c(OC)c3)Oc3ccccc32)ccc1C. The molecule has 1 N–H and O–H groups in total. The standard InChI is InChI=1S/C28H30FNO4/c1-17-9-10-20(13-23(17)28(31)33-4)24-15-21(34-26-8-6-5-7-22(24)26)16-30-18(2)19-11-12-25(29)27(14-19)32-3/h5-14,18,21,24,30H,15-16H2,1-4H3/t18?,21-,24?/m1/s1. The highest BCUT2D eigenvalue weighted by Crippen LogP contribution is 2.40. The van der Waals surface area contributed by atoms with Crippen LogP contribution >= 0.6 is 0 Å². The van der Waals surface area contributed by atoms with Crippen molar-refractivity contribution in [3.8, 4) is 11.5 Å². The van der Waals surface area contributed by atoms with E-state index in [0.29, 0.717) is 12.1 Å². The van der Waals surface area contributed by atoms with Gasteiger partial charge in [-0.1, -0.05) is 36.4 Å². The molecule has 0 fully saturated rings. The molecule has 0 bridgehead atoms. The zero-order valence-corrected chi connectivity index (χ0v) is 19.9. The van der Waals surface area contributed by atoms with Gasteiger partial charge in [0, 0.05) is 24.1 Å². The van der Waals surface area contributed by atoms with E-state index in [2.05, 4.69) is 17.4 Å².